The van der Waals surface area contributed by atoms with Gasteiger partial charge in [0.2, 0.25) is 0 Å². The molecule has 1 aliphatic heterocycles. The monoisotopic (exact) mass is 345 g/mol. The number of carbonyl (C=O) groups excluding carboxylic acids is 1. The lowest BCUT2D eigenvalue weighted by molar-refractivity contribution is 0.0338. The summed E-state index contributed by atoms with van der Waals surface area (Å²) in [5, 5.41) is 9.95. The molecule has 2 rings (SSSR count). The second-order valence-electron chi connectivity index (χ2n) is 9.47. The molecule has 0 spiro atoms. The minimum absolute atomic E-state index is 0.124. The third kappa shape index (κ3) is 4.17. The van der Waals surface area contributed by atoms with Crippen molar-refractivity contribution < 1.29 is 14.6 Å². The number of aromatic hydroxyl groups is 1. The smallest absolute Gasteiger partial charge is 0.414 e. The first-order valence-electron chi connectivity index (χ1n) is 8.77. The Morgan fingerprint density at radius 2 is 1.76 bits per heavy atom. The van der Waals surface area contributed by atoms with Crippen molar-refractivity contribution in [1.82, 2.24) is 4.90 Å². The molecule has 0 bridgehead atoms. The Hall–Kier alpha value is -1.97. The first-order valence-corrected chi connectivity index (χ1v) is 8.77. The molecule has 0 radical (unpaired) electrons. The Balaban J connectivity index is 2.65. The summed E-state index contributed by atoms with van der Waals surface area (Å²) in [7, 11) is 0. The summed E-state index contributed by atoms with van der Waals surface area (Å²) >= 11 is 0. The lowest BCUT2D eigenvalue weighted by Crippen LogP contribution is -2.36. The molecule has 0 aromatic heterocycles. The topological polar surface area (TPSA) is 49.8 Å². The molecular formula is C21H31NO3. The van der Waals surface area contributed by atoms with Crippen molar-refractivity contribution in [3.63, 3.8) is 0 Å². The molecular weight excluding hydrogens is 314 g/mol. The van der Waals surface area contributed by atoms with Crippen LogP contribution in [0.15, 0.2) is 29.8 Å². The van der Waals surface area contributed by atoms with Crippen molar-refractivity contribution in [2.75, 3.05) is 6.54 Å². The molecule has 1 aromatic rings. The summed E-state index contributed by atoms with van der Waals surface area (Å²) in [5.74, 6) is 0.187. The van der Waals surface area contributed by atoms with E-state index < -0.39 is 5.60 Å². The molecule has 1 aromatic carbocycles. The minimum atomic E-state index is -0.560. The van der Waals surface area contributed by atoms with E-state index in [1.807, 2.05) is 26.8 Å². The predicted octanol–water partition coefficient (Wildman–Crippen LogP) is 5.43. The van der Waals surface area contributed by atoms with Gasteiger partial charge < -0.3 is 9.84 Å². The van der Waals surface area contributed by atoms with Crippen LogP contribution in [-0.2, 0) is 4.74 Å². The van der Waals surface area contributed by atoms with Gasteiger partial charge in [0, 0.05) is 17.5 Å². The molecule has 0 fully saturated rings. The van der Waals surface area contributed by atoms with Gasteiger partial charge in [0.05, 0.1) is 5.70 Å². The number of amides is 1. The zero-order chi connectivity index (χ0) is 19.2. The molecule has 4 nitrogen and oxygen atoms in total. The Bertz CT molecular complexity index is 703. The molecule has 1 aliphatic rings. The molecule has 0 saturated carbocycles. The zero-order valence-corrected chi connectivity index (χ0v) is 16.7. The third-order valence-corrected chi connectivity index (χ3v) is 4.22. The minimum Gasteiger partial charge on any atom is -0.508 e. The summed E-state index contributed by atoms with van der Waals surface area (Å²) in [5.41, 5.74) is 2.01. The molecule has 1 amide bonds. The molecule has 25 heavy (non-hydrogen) atoms. The average molecular weight is 345 g/mol. The van der Waals surface area contributed by atoms with Gasteiger partial charge in [0.1, 0.15) is 11.4 Å². The largest absolute Gasteiger partial charge is 0.508 e. The van der Waals surface area contributed by atoms with Gasteiger partial charge in [-0.25, -0.2) is 4.79 Å². The lowest BCUT2D eigenvalue weighted by atomic mass is 9.71. The Labute approximate surface area is 151 Å². The van der Waals surface area contributed by atoms with Gasteiger partial charge in [-0.1, -0.05) is 46.8 Å². The maximum atomic E-state index is 12.9. The first-order chi connectivity index (χ1) is 11.2. The van der Waals surface area contributed by atoms with E-state index in [-0.39, 0.29) is 22.7 Å². The highest BCUT2D eigenvalue weighted by Crippen LogP contribution is 2.51. The molecule has 1 heterocycles. The van der Waals surface area contributed by atoms with Crippen LogP contribution in [0.1, 0.15) is 61.0 Å². The molecule has 0 saturated heterocycles. The normalized spacial score (nSPS) is 17.8. The van der Waals surface area contributed by atoms with E-state index >= 15 is 0 Å². The van der Waals surface area contributed by atoms with Crippen LogP contribution in [0.3, 0.4) is 0 Å². The van der Waals surface area contributed by atoms with E-state index in [0.29, 0.717) is 6.54 Å². The fourth-order valence-corrected chi connectivity index (χ4v) is 3.81. The van der Waals surface area contributed by atoms with Gasteiger partial charge in [0.25, 0.3) is 0 Å². The van der Waals surface area contributed by atoms with Crippen LogP contribution < -0.4 is 0 Å². The lowest BCUT2D eigenvalue weighted by Gasteiger charge is -2.32. The maximum Gasteiger partial charge on any atom is 0.414 e. The summed E-state index contributed by atoms with van der Waals surface area (Å²) in [6.07, 6.45) is -0.349. The van der Waals surface area contributed by atoms with Crippen molar-refractivity contribution in [2.24, 2.45) is 10.8 Å². The van der Waals surface area contributed by atoms with Crippen LogP contribution in [0.5, 0.6) is 5.75 Å². The number of phenolic OH excluding ortho intramolecular Hbond substituents is 1. The van der Waals surface area contributed by atoms with Gasteiger partial charge in [-0.05, 0) is 43.9 Å². The second kappa shape index (κ2) is 6.08. The fraction of sp³-hybridized carbons (Fsp3) is 0.571. The average Bonchev–Trinajstić information content (AvgIpc) is 2.68. The maximum absolute atomic E-state index is 12.9. The quantitative estimate of drug-likeness (QED) is 0.738. The van der Waals surface area contributed by atoms with Crippen molar-refractivity contribution >= 4 is 11.8 Å². The number of hydrogen-bond acceptors (Lipinski definition) is 3. The van der Waals surface area contributed by atoms with Gasteiger partial charge in [0.15, 0.2) is 0 Å². The van der Waals surface area contributed by atoms with Crippen molar-refractivity contribution in [2.45, 2.75) is 61.0 Å². The van der Waals surface area contributed by atoms with Crippen LogP contribution in [0.25, 0.3) is 5.70 Å². The zero-order valence-electron chi connectivity index (χ0n) is 16.7. The van der Waals surface area contributed by atoms with Crippen LogP contribution in [0, 0.1) is 10.8 Å². The Kier molecular flexibility index (Phi) is 4.71. The van der Waals surface area contributed by atoms with Crippen LogP contribution in [0.2, 0.25) is 0 Å². The SMILES string of the molecule is CC(C)(C)OC(=O)N1CC(C)(C)C(C(C)(C)C)=C1c1cccc(O)c1. The number of carbonyl (C=O) groups is 1. The van der Waals surface area contributed by atoms with E-state index in [9.17, 15) is 9.90 Å². The van der Waals surface area contributed by atoms with Crippen molar-refractivity contribution in [3.05, 3.63) is 35.4 Å². The number of nitrogens with zero attached hydrogens (tertiary/aromatic N) is 1. The van der Waals surface area contributed by atoms with E-state index in [4.69, 9.17) is 4.74 Å². The number of rotatable bonds is 1. The molecule has 4 heteroatoms. The number of phenols is 1. The summed E-state index contributed by atoms with van der Waals surface area (Å²) in [6.45, 7) is 16.9. The van der Waals surface area contributed by atoms with E-state index in [0.717, 1.165) is 11.3 Å². The second-order valence-corrected chi connectivity index (χ2v) is 9.47. The summed E-state index contributed by atoms with van der Waals surface area (Å²) in [6, 6.07) is 7.08. The van der Waals surface area contributed by atoms with Gasteiger partial charge in [-0.15, -0.1) is 0 Å². The third-order valence-electron chi connectivity index (χ3n) is 4.22. The van der Waals surface area contributed by atoms with Gasteiger partial charge >= 0.3 is 6.09 Å². The molecule has 0 atom stereocenters. The molecule has 1 N–H and O–H groups in total. The fourth-order valence-electron chi connectivity index (χ4n) is 3.81. The molecule has 138 valence electrons. The van der Waals surface area contributed by atoms with Crippen molar-refractivity contribution in [3.8, 4) is 5.75 Å². The van der Waals surface area contributed by atoms with Gasteiger partial charge in [-0.3, -0.25) is 4.90 Å². The van der Waals surface area contributed by atoms with Crippen LogP contribution >= 0.6 is 0 Å². The first kappa shape index (κ1) is 19.4. The Morgan fingerprint density at radius 1 is 1.16 bits per heavy atom. The highest BCUT2D eigenvalue weighted by molar-refractivity contribution is 5.86. The van der Waals surface area contributed by atoms with Crippen LogP contribution in [0.4, 0.5) is 4.79 Å². The highest BCUT2D eigenvalue weighted by Gasteiger charge is 2.46. The Morgan fingerprint density at radius 3 is 2.24 bits per heavy atom. The number of benzene rings is 1. The standard InChI is InChI=1S/C21H31NO3/c1-19(2,3)17-16(14-10-9-11-15(23)12-14)22(13-21(17,7)8)18(24)25-20(4,5)6/h9-12,23H,13H2,1-8H3. The van der Waals surface area contributed by atoms with E-state index in [1.165, 1.54) is 5.57 Å². The summed E-state index contributed by atoms with van der Waals surface area (Å²) in [4.78, 5) is 14.6. The number of hydrogen-bond donors (Lipinski definition) is 1. The highest BCUT2D eigenvalue weighted by atomic mass is 16.6. The van der Waals surface area contributed by atoms with E-state index in [1.54, 1.807) is 23.1 Å². The predicted molar refractivity (Wildman–Crippen MR) is 101 cm³/mol. The number of ether oxygens (including phenoxy) is 1. The van der Waals surface area contributed by atoms with E-state index in [2.05, 4.69) is 34.6 Å². The van der Waals surface area contributed by atoms with Crippen molar-refractivity contribution in [1.29, 1.82) is 0 Å². The van der Waals surface area contributed by atoms with Gasteiger partial charge in [-0.2, -0.15) is 0 Å². The molecule has 0 aliphatic carbocycles. The molecule has 0 unspecified atom stereocenters. The van der Waals surface area contributed by atoms with Crippen LogP contribution in [-0.4, -0.2) is 28.2 Å². The summed E-state index contributed by atoms with van der Waals surface area (Å²) < 4.78 is 5.65.